The average molecular weight is 438 g/mol. The van der Waals surface area contributed by atoms with E-state index < -0.39 is 0 Å². The van der Waals surface area contributed by atoms with Crippen LogP contribution in [-0.4, -0.2) is 72.8 Å². The minimum absolute atomic E-state index is 0.256. The van der Waals surface area contributed by atoms with Crippen molar-refractivity contribution in [3.63, 3.8) is 0 Å². The van der Waals surface area contributed by atoms with Crippen LogP contribution in [-0.2, 0) is 9.47 Å². The van der Waals surface area contributed by atoms with Crippen molar-refractivity contribution in [1.29, 1.82) is 0 Å². The summed E-state index contributed by atoms with van der Waals surface area (Å²) >= 11 is 0. The lowest BCUT2D eigenvalue weighted by Crippen LogP contribution is -2.37. The maximum absolute atomic E-state index is 11.6. The van der Waals surface area contributed by atoms with Crippen LogP contribution in [0.2, 0.25) is 0 Å². The molecule has 0 atom stereocenters. The summed E-state index contributed by atoms with van der Waals surface area (Å²) in [4.78, 5) is 23.6. The number of urea groups is 1. The van der Waals surface area contributed by atoms with Crippen molar-refractivity contribution in [3.8, 4) is 11.3 Å². The fourth-order valence-electron chi connectivity index (χ4n) is 4.23. The molecule has 0 bridgehead atoms. The Hall–Kier alpha value is -3.24. The molecule has 0 radical (unpaired) electrons. The number of nitrogens with one attached hydrogen (secondary N) is 3. The van der Waals surface area contributed by atoms with Gasteiger partial charge >= 0.3 is 6.03 Å². The summed E-state index contributed by atoms with van der Waals surface area (Å²) in [5.74, 6) is 0.980. The number of nitrogens with zero attached hydrogens (tertiary/aromatic N) is 4. The van der Waals surface area contributed by atoms with Gasteiger partial charge in [-0.1, -0.05) is 12.1 Å². The summed E-state index contributed by atoms with van der Waals surface area (Å²) in [6, 6.07) is 7.43. The minimum Gasteiger partial charge on any atom is -0.381 e. The highest BCUT2D eigenvalue weighted by Crippen LogP contribution is 2.36. The molecule has 10 nitrogen and oxygen atoms in total. The van der Waals surface area contributed by atoms with Crippen molar-refractivity contribution >= 4 is 28.7 Å². The number of benzene rings is 1. The van der Waals surface area contributed by atoms with Crippen LogP contribution in [0.1, 0.15) is 24.5 Å². The molecule has 0 aliphatic carbocycles. The van der Waals surface area contributed by atoms with E-state index in [-0.39, 0.29) is 6.03 Å². The first kappa shape index (κ1) is 20.7. The van der Waals surface area contributed by atoms with E-state index in [1.807, 2.05) is 24.3 Å². The van der Waals surface area contributed by atoms with Crippen molar-refractivity contribution in [2.45, 2.75) is 18.8 Å². The number of amides is 2. The first-order chi connectivity index (χ1) is 15.7. The maximum atomic E-state index is 11.6. The van der Waals surface area contributed by atoms with Gasteiger partial charge in [0.2, 0.25) is 5.95 Å². The summed E-state index contributed by atoms with van der Waals surface area (Å²) in [5, 5.41) is 14.1. The van der Waals surface area contributed by atoms with Gasteiger partial charge in [0.1, 0.15) is 0 Å². The average Bonchev–Trinajstić information content (AvgIpc) is 3.29. The van der Waals surface area contributed by atoms with Crippen LogP contribution in [0.25, 0.3) is 22.3 Å². The molecule has 2 saturated heterocycles. The van der Waals surface area contributed by atoms with E-state index >= 15 is 0 Å². The lowest BCUT2D eigenvalue weighted by molar-refractivity contribution is 0.0847. The molecule has 10 heteroatoms. The van der Waals surface area contributed by atoms with Gasteiger partial charge in [0.25, 0.3) is 0 Å². The second-order valence-electron chi connectivity index (χ2n) is 7.97. The van der Waals surface area contributed by atoms with Gasteiger partial charge in [-0.3, -0.25) is 5.10 Å². The lowest BCUT2D eigenvalue weighted by atomic mass is 9.93. The van der Waals surface area contributed by atoms with E-state index in [9.17, 15) is 4.79 Å². The zero-order valence-electron chi connectivity index (χ0n) is 18.1. The maximum Gasteiger partial charge on any atom is 0.318 e. The minimum atomic E-state index is -0.256. The molecule has 3 aromatic rings. The first-order valence-electron chi connectivity index (χ1n) is 11.0. The van der Waals surface area contributed by atoms with E-state index in [0.29, 0.717) is 30.8 Å². The Balaban J connectivity index is 1.58. The second-order valence-corrected chi connectivity index (χ2v) is 7.97. The molecule has 2 aliphatic heterocycles. The molecule has 1 aromatic carbocycles. The van der Waals surface area contributed by atoms with Crippen LogP contribution < -0.4 is 15.5 Å². The highest BCUT2D eigenvalue weighted by molar-refractivity contribution is 5.94. The number of anilines is 2. The Bertz CT molecular complexity index is 1090. The molecule has 168 valence electrons. The van der Waals surface area contributed by atoms with Gasteiger partial charge in [0, 0.05) is 50.5 Å². The third-order valence-electron chi connectivity index (χ3n) is 5.98. The molecule has 0 saturated carbocycles. The topological polar surface area (TPSA) is 117 Å². The van der Waals surface area contributed by atoms with Crippen LogP contribution in [0.15, 0.2) is 24.3 Å². The van der Waals surface area contributed by atoms with E-state index in [2.05, 4.69) is 25.7 Å². The molecule has 2 aromatic heterocycles. The summed E-state index contributed by atoms with van der Waals surface area (Å²) < 4.78 is 11.0. The standard InChI is InChI=1S/C22H27N7O3/c1-23-22(30)24-16-4-2-14(3-5-16)18-17-19(15-6-10-31-11-7-15)27-28-20(17)26-21(25-18)29-8-12-32-13-9-29/h2-5,15H,6-13H2,1H3,(H2,23,24,30)(H,25,26,27,28). The molecule has 5 rings (SSSR count). The van der Waals surface area contributed by atoms with Gasteiger partial charge in [-0.2, -0.15) is 10.1 Å². The van der Waals surface area contributed by atoms with Crippen molar-refractivity contribution in [1.82, 2.24) is 25.5 Å². The van der Waals surface area contributed by atoms with Gasteiger partial charge in [0.05, 0.1) is 30.0 Å². The zero-order chi connectivity index (χ0) is 21.9. The third kappa shape index (κ3) is 4.11. The van der Waals surface area contributed by atoms with Crippen LogP contribution in [0.3, 0.4) is 0 Å². The molecular weight excluding hydrogens is 410 g/mol. The highest BCUT2D eigenvalue weighted by Gasteiger charge is 2.26. The number of morpholine rings is 1. The Kier molecular flexibility index (Phi) is 5.87. The number of ether oxygens (including phenoxy) is 2. The van der Waals surface area contributed by atoms with E-state index in [1.54, 1.807) is 7.05 Å². The number of hydrogen-bond donors (Lipinski definition) is 3. The number of aromatic amines is 1. The Labute approximate surface area is 185 Å². The van der Waals surface area contributed by atoms with Crippen molar-refractivity contribution in [2.24, 2.45) is 0 Å². The van der Waals surface area contributed by atoms with Gasteiger partial charge in [-0.25, -0.2) is 9.78 Å². The van der Waals surface area contributed by atoms with Crippen molar-refractivity contribution in [2.75, 3.05) is 56.8 Å². The number of fused-ring (bicyclic) bond motifs is 1. The SMILES string of the molecule is CNC(=O)Nc1ccc(-c2nc(N3CCOCC3)nc3[nH]nc(C4CCOCC4)c23)cc1. The molecule has 2 aliphatic rings. The van der Waals surface area contributed by atoms with E-state index in [4.69, 9.17) is 19.4 Å². The highest BCUT2D eigenvalue weighted by atomic mass is 16.5. The van der Waals surface area contributed by atoms with Crippen molar-refractivity contribution in [3.05, 3.63) is 30.0 Å². The molecule has 32 heavy (non-hydrogen) atoms. The van der Waals surface area contributed by atoms with Crippen molar-refractivity contribution < 1.29 is 14.3 Å². The number of carbonyl (C=O) groups is 1. The van der Waals surface area contributed by atoms with E-state index in [0.717, 1.165) is 67.1 Å². The summed E-state index contributed by atoms with van der Waals surface area (Å²) in [6.45, 7) is 4.30. The molecule has 4 heterocycles. The number of rotatable bonds is 4. The van der Waals surface area contributed by atoms with Crippen LogP contribution in [0.4, 0.5) is 16.4 Å². The molecule has 0 spiro atoms. The van der Waals surface area contributed by atoms with E-state index in [1.165, 1.54) is 0 Å². The number of aromatic nitrogens is 4. The first-order valence-corrected chi connectivity index (χ1v) is 11.0. The largest absolute Gasteiger partial charge is 0.381 e. The van der Waals surface area contributed by atoms with Crippen LogP contribution in [0, 0.1) is 0 Å². The fraction of sp³-hybridized carbons (Fsp3) is 0.455. The predicted molar refractivity (Wildman–Crippen MR) is 121 cm³/mol. The molecule has 2 fully saturated rings. The fourth-order valence-corrected chi connectivity index (χ4v) is 4.23. The molecule has 3 N–H and O–H groups in total. The Morgan fingerprint density at radius 1 is 1.06 bits per heavy atom. The van der Waals surface area contributed by atoms with Crippen LogP contribution >= 0.6 is 0 Å². The number of carbonyl (C=O) groups excluding carboxylic acids is 1. The Morgan fingerprint density at radius 2 is 1.78 bits per heavy atom. The van der Waals surface area contributed by atoms with Gasteiger partial charge in [-0.15, -0.1) is 0 Å². The lowest BCUT2D eigenvalue weighted by Gasteiger charge is -2.27. The smallest absolute Gasteiger partial charge is 0.318 e. The summed E-state index contributed by atoms with van der Waals surface area (Å²) in [6.07, 6.45) is 1.86. The van der Waals surface area contributed by atoms with Gasteiger partial charge in [-0.05, 0) is 25.0 Å². The monoisotopic (exact) mass is 437 g/mol. The summed E-state index contributed by atoms with van der Waals surface area (Å²) in [7, 11) is 1.59. The Morgan fingerprint density at radius 3 is 2.50 bits per heavy atom. The van der Waals surface area contributed by atoms with Crippen LogP contribution in [0.5, 0.6) is 0 Å². The summed E-state index contributed by atoms with van der Waals surface area (Å²) in [5.41, 5.74) is 4.25. The number of H-pyrrole nitrogens is 1. The second kappa shape index (κ2) is 9.09. The normalized spacial score (nSPS) is 17.5. The number of hydrogen-bond acceptors (Lipinski definition) is 7. The quantitative estimate of drug-likeness (QED) is 0.574. The predicted octanol–water partition coefficient (Wildman–Crippen LogP) is 2.50. The molecule has 2 amide bonds. The van der Waals surface area contributed by atoms with Gasteiger partial charge in [0.15, 0.2) is 5.65 Å². The third-order valence-corrected chi connectivity index (χ3v) is 5.98. The molecule has 0 unspecified atom stereocenters. The molecular formula is C22H27N7O3. The zero-order valence-corrected chi connectivity index (χ0v) is 18.1. The van der Waals surface area contributed by atoms with Gasteiger partial charge < -0.3 is 25.0 Å².